The Labute approximate surface area is 210 Å². The van der Waals surface area contributed by atoms with Crippen LogP contribution >= 0.6 is 11.3 Å². The van der Waals surface area contributed by atoms with Crippen molar-refractivity contribution >= 4 is 28.1 Å². The van der Waals surface area contributed by atoms with Crippen LogP contribution < -0.4 is 10.1 Å². The van der Waals surface area contributed by atoms with E-state index in [9.17, 15) is 13.6 Å². The molecule has 0 spiro atoms. The number of halogens is 2. The summed E-state index contributed by atoms with van der Waals surface area (Å²) in [4.78, 5) is 17.8. The van der Waals surface area contributed by atoms with Crippen molar-refractivity contribution < 1.29 is 18.3 Å². The fraction of sp³-hybridized carbons (Fsp3) is 0.148. The van der Waals surface area contributed by atoms with E-state index in [0.717, 1.165) is 21.5 Å². The number of carbonyl (C=O) groups excluding carboxylic acids is 1. The van der Waals surface area contributed by atoms with E-state index in [1.54, 1.807) is 54.3 Å². The van der Waals surface area contributed by atoms with Crippen molar-refractivity contribution in [3.63, 3.8) is 0 Å². The van der Waals surface area contributed by atoms with Crippen molar-refractivity contribution in [2.45, 2.75) is 26.0 Å². The van der Waals surface area contributed by atoms with Crippen LogP contribution in [0.5, 0.6) is 5.75 Å². The molecule has 0 saturated carbocycles. The van der Waals surface area contributed by atoms with Gasteiger partial charge in [0.05, 0.1) is 23.4 Å². The van der Waals surface area contributed by atoms with Gasteiger partial charge >= 0.3 is 0 Å². The Bertz CT molecular complexity index is 1530. The van der Waals surface area contributed by atoms with Gasteiger partial charge in [0.2, 0.25) is 0 Å². The summed E-state index contributed by atoms with van der Waals surface area (Å²) in [6.07, 6.45) is 2.67. The molecule has 2 atom stereocenters. The molecule has 5 aromatic rings. The van der Waals surface area contributed by atoms with Crippen molar-refractivity contribution in [1.29, 1.82) is 0 Å². The zero-order chi connectivity index (χ0) is 25.2. The summed E-state index contributed by atoms with van der Waals surface area (Å²) in [5.41, 5.74) is 2.13. The predicted octanol–water partition coefficient (Wildman–Crippen LogP) is 6.01. The van der Waals surface area contributed by atoms with Gasteiger partial charge in [-0.1, -0.05) is 12.1 Å². The standard InChI is InChI=1S/C27H22F2N4O2S/c1-16-14-30-27(36-16)26(34)32-17(2)25(18-4-3-5-21(29)12-18)35-23-10-11-24-19(13-23)15-31-33(24)22-8-6-20(28)7-9-22/h3-15,17,25H,1-2H3,(H,32,34)/t17-,25+/m0/s1. The number of fused-ring (bicyclic) bond motifs is 1. The molecular weight excluding hydrogens is 482 g/mol. The molecule has 2 aromatic heterocycles. The second kappa shape index (κ2) is 9.87. The van der Waals surface area contributed by atoms with Crippen LogP contribution in [0.25, 0.3) is 16.6 Å². The van der Waals surface area contributed by atoms with Gasteiger partial charge in [-0.3, -0.25) is 4.79 Å². The van der Waals surface area contributed by atoms with E-state index in [0.29, 0.717) is 16.3 Å². The Hall–Kier alpha value is -4.11. The molecule has 5 rings (SSSR count). The van der Waals surface area contributed by atoms with Crippen molar-refractivity contribution in [2.24, 2.45) is 0 Å². The Morgan fingerprint density at radius 2 is 1.83 bits per heavy atom. The van der Waals surface area contributed by atoms with E-state index in [1.165, 1.54) is 35.6 Å². The summed E-state index contributed by atoms with van der Waals surface area (Å²) in [7, 11) is 0. The van der Waals surface area contributed by atoms with Crippen LogP contribution in [0.3, 0.4) is 0 Å². The molecule has 0 fully saturated rings. The van der Waals surface area contributed by atoms with Crippen LogP contribution in [0.2, 0.25) is 0 Å². The lowest BCUT2D eigenvalue weighted by molar-refractivity contribution is 0.0881. The number of nitrogens with zero attached hydrogens (tertiary/aromatic N) is 3. The fourth-order valence-electron chi connectivity index (χ4n) is 3.97. The number of nitrogens with one attached hydrogen (secondary N) is 1. The molecule has 0 aliphatic rings. The Morgan fingerprint density at radius 1 is 1.03 bits per heavy atom. The first-order valence-corrected chi connectivity index (χ1v) is 12.1. The molecule has 3 aromatic carbocycles. The average Bonchev–Trinajstić information content (AvgIpc) is 3.49. The Balaban J connectivity index is 1.43. The minimum Gasteiger partial charge on any atom is -0.484 e. The van der Waals surface area contributed by atoms with E-state index in [2.05, 4.69) is 15.4 Å². The first kappa shape index (κ1) is 23.6. The maximum Gasteiger partial charge on any atom is 0.280 e. The number of thiazole rings is 1. The van der Waals surface area contributed by atoms with Gasteiger partial charge < -0.3 is 10.1 Å². The highest BCUT2D eigenvalue weighted by atomic mass is 32.1. The van der Waals surface area contributed by atoms with Gasteiger partial charge in [0, 0.05) is 16.5 Å². The average molecular weight is 505 g/mol. The van der Waals surface area contributed by atoms with Crippen LogP contribution in [-0.4, -0.2) is 26.7 Å². The maximum atomic E-state index is 14.1. The molecule has 1 amide bonds. The summed E-state index contributed by atoms with van der Waals surface area (Å²) >= 11 is 1.30. The quantitative estimate of drug-likeness (QED) is 0.295. The molecule has 6 nitrogen and oxygen atoms in total. The number of amides is 1. The number of aromatic nitrogens is 3. The first-order chi connectivity index (χ1) is 17.4. The number of carbonyl (C=O) groups is 1. The highest BCUT2D eigenvalue weighted by Gasteiger charge is 2.25. The largest absolute Gasteiger partial charge is 0.484 e. The number of hydrogen-bond acceptors (Lipinski definition) is 5. The number of benzene rings is 3. The zero-order valence-corrected chi connectivity index (χ0v) is 20.3. The minimum atomic E-state index is -0.671. The molecule has 0 bridgehead atoms. The van der Waals surface area contributed by atoms with Gasteiger partial charge in [-0.25, -0.2) is 18.4 Å². The third-order valence-corrected chi connectivity index (χ3v) is 6.59. The first-order valence-electron chi connectivity index (χ1n) is 11.3. The molecule has 0 aliphatic heterocycles. The lowest BCUT2D eigenvalue weighted by Gasteiger charge is -2.26. The minimum absolute atomic E-state index is 0.318. The molecule has 0 saturated heterocycles. The van der Waals surface area contributed by atoms with E-state index in [1.807, 2.05) is 19.1 Å². The smallest absolute Gasteiger partial charge is 0.280 e. The summed E-state index contributed by atoms with van der Waals surface area (Å²) in [6, 6.07) is 17.2. The molecule has 9 heteroatoms. The second-order valence-corrected chi connectivity index (χ2v) is 9.62. The SMILES string of the molecule is Cc1cnc(C(=O)N[C@@H](C)[C@@H](Oc2ccc3c(cnn3-c3ccc(F)cc3)c2)c2cccc(F)c2)s1. The second-order valence-electron chi connectivity index (χ2n) is 8.39. The third kappa shape index (κ3) is 4.96. The van der Waals surface area contributed by atoms with Crippen LogP contribution in [0.4, 0.5) is 8.78 Å². The normalized spacial score (nSPS) is 12.9. The molecule has 0 radical (unpaired) electrons. The lowest BCUT2D eigenvalue weighted by atomic mass is 10.0. The number of ether oxygens (including phenoxy) is 1. The Kier molecular flexibility index (Phi) is 6.47. The van der Waals surface area contributed by atoms with Crippen molar-refractivity contribution in [3.05, 3.63) is 106 Å². The van der Waals surface area contributed by atoms with Crippen molar-refractivity contribution in [3.8, 4) is 11.4 Å². The van der Waals surface area contributed by atoms with Crippen LogP contribution in [0.15, 0.2) is 79.1 Å². The predicted molar refractivity (Wildman–Crippen MR) is 135 cm³/mol. The number of hydrogen-bond donors (Lipinski definition) is 1. The Morgan fingerprint density at radius 3 is 2.56 bits per heavy atom. The molecule has 2 heterocycles. The molecule has 0 aliphatic carbocycles. The summed E-state index contributed by atoms with van der Waals surface area (Å²) in [5, 5.41) is 8.51. The van der Waals surface area contributed by atoms with Crippen LogP contribution in [-0.2, 0) is 0 Å². The van der Waals surface area contributed by atoms with Gasteiger partial charge in [-0.2, -0.15) is 5.10 Å². The summed E-state index contributed by atoms with van der Waals surface area (Å²) in [6.45, 7) is 3.68. The summed E-state index contributed by atoms with van der Waals surface area (Å²) < 4.78 is 35.4. The molecular formula is C27H22F2N4O2S. The van der Waals surface area contributed by atoms with Crippen LogP contribution in [0.1, 0.15) is 33.3 Å². The van der Waals surface area contributed by atoms with Crippen molar-refractivity contribution in [2.75, 3.05) is 0 Å². The summed E-state index contributed by atoms with van der Waals surface area (Å²) in [5.74, 6) is -0.505. The van der Waals surface area contributed by atoms with E-state index in [-0.39, 0.29) is 11.7 Å². The topological polar surface area (TPSA) is 69.0 Å². The maximum absolute atomic E-state index is 14.1. The van der Waals surface area contributed by atoms with Crippen LogP contribution in [0, 0.1) is 18.6 Å². The van der Waals surface area contributed by atoms with Gasteiger partial charge in [0.1, 0.15) is 23.5 Å². The molecule has 36 heavy (non-hydrogen) atoms. The lowest BCUT2D eigenvalue weighted by Crippen LogP contribution is -2.39. The number of rotatable bonds is 7. The monoisotopic (exact) mass is 504 g/mol. The number of aryl methyl sites for hydroxylation is 1. The van der Waals surface area contributed by atoms with Gasteiger partial charge in [-0.05, 0) is 74.0 Å². The highest BCUT2D eigenvalue weighted by molar-refractivity contribution is 7.13. The van der Waals surface area contributed by atoms with Crippen molar-refractivity contribution in [1.82, 2.24) is 20.1 Å². The molecule has 1 N–H and O–H groups in total. The fourth-order valence-corrected chi connectivity index (χ4v) is 4.63. The molecule has 0 unspecified atom stereocenters. The van der Waals surface area contributed by atoms with E-state index in [4.69, 9.17) is 4.74 Å². The van der Waals surface area contributed by atoms with Gasteiger partial charge in [0.15, 0.2) is 5.01 Å². The zero-order valence-electron chi connectivity index (χ0n) is 19.5. The third-order valence-electron chi connectivity index (χ3n) is 5.68. The van der Waals surface area contributed by atoms with E-state index >= 15 is 0 Å². The molecule has 182 valence electrons. The van der Waals surface area contributed by atoms with Gasteiger partial charge in [0.25, 0.3) is 5.91 Å². The highest BCUT2D eigenvalue weighted by Crippen LogP contribution is 2.29. The van der Waals surface area contributed by atoms with E-state index < -0.39 is 18.0 Å². The van der Waals surface area contributed by atoms with Gasteiger partial charge in [-0.15, -0.1) is 11.3 Å².